The number of aliphatic imine (C=N–C) groups is 1. The summed E-state index contributed by atoms with van der Waals surface area (Å²) in [6.07, 6.45) is 1.72. The third-order valence-corrected chi connectivity index (χ3v) is 4.45. The lowest BCUT2D eigenvalue weighted by Gasteiger charge is -2.17. The van der Waals surface area contributed by atoms with Crippen LogP contribution in [0, 0.1) is 6.92 Å². The van der Waals surface area contributed by atoms with Gasteiger partial charge in [-0.15, -0.1) is 0 Å². The van der Waals surface area contributed by atoms with Crippen LogP contribution in [0.1, 0.15) is 54.8 Å². The van der Waals surface area contributed by atoms with Crippen LogP contribution in [-0.4, -0.2) is 24.7 Å². The van der Waals surface area contributed by atoms with E-state index in [0.717, 1.165) is 42.4 Å². The summed E-state index contributed by atoms with van der Waals surface area (Å²) in [6.45, 7) is 10.0. The Morgan fingerprint density at radius 1 is 1.24 bits per heavy atom. The van der Waals surface area contributed by atoms with Crippen LogP contribution in [0.25, 0.3) is 0 Å². The Bertz CT molecular complexity index is 684. The molecular formula is C20H30N4O. The molecule has 2 N–H and O–H groups in total. The Kier molecular flexibility index (Phi) is 7.04. The monoisotopic (exact) mass is 342 g/mol. The second kappa shape index (κ2) is 9.25. The Hall–Kier alpha value is -2.30. The van der Waals surface area contributed by atoms with Gasteiger partial charge in [-0.3, -0.25) is 4.99 Å². The number of hydrogen-bond donors (Lipinski definition) is 2. The fraction of sp³-hybridized carbons (Fsp3) is 0.500. The quantitative estimate of drug-likeness (QED) is 0.596. The molecule has 0 radical (unpaired) electrons. The molecule has 1 aromatic carbocycles. The van der Waals surface area contributed by atoms with E-state index in [-0.39, 0.29) is 0 Å². The number of aromatic nitrogens is 1. The van der Waals surface area contributed by atoms with Crippen LogP contribution >= 0.6 is 0 Å². The highest BCUT2D eigenvalue weighted by Gasteiger charge is 2.14. The van der Waals surface area contributed by atoms with Gasteiger partial charge < -0.3 is 15.2 Å². The van der Waals surface area contributed by atoms with Crippen LogP contribution in [0.3, 0.4) is 0 Å². The second-order valence-electron chi connectivity index (χ2n) is 6.36. The van der Waals surface area contributed by atoms with Gasteiger partial charge in [-0.05, 0) is 24.8 Å². The first-order chi connectivity index (χ1) is 12.1. The van der Waals surface area contributed by atoms with Crippen LogP contribution < -0.4 is 10.6 Å². The first-order valence-corrected chi connectivity index (χ1v) is 9.06. The Morgan fingerprint density at radius 3 is 2.68 bits per heavy atom. The molecule has 0 aliphatic rings. The minimum Gasteiger partial charge on any atom is -0.361 e. The van der Waals surface area contributed by atoms with Crippen molar-refractivity contribution in [2.45, 2.75) is 53.0 Å². The zero-order valence-electron chi connectivity index (χ0n) is 16.0. The average Bonchev–Trinajstić information content (AvgIpc) is 3.03. The molecule has 1 aromatic heterocycles. The zero-order valence-corrected chi connectivity index (χ0v) is 16.0. The Labute approximate surface area is 150 Å². The summed E-state index contributed by atoms with van der Waals surface area (Å²) in [5.74, 6) is 2.16. The lowest BCUT2D eigenvalue weighted by molar-refractivity contribution is 0.380. The van der Waals surface area contributed by atoms with Gasteiger partial charge in [0.2, 0.25) is 0 Å². The van der Waals surface area contributed by atoms with Crippen LogP contribution in [0.5, 0.6) is 0 Å². The molecule has 0 saturated heterocycles. The smallest absolute Gasteiger partial charge is 0.191 e. The lowest BCUT2D eigenvalue weighted by atomic mass is 9.99. The number of hydrogen-bond acceptors (Lipinski definition) is 3. The molecule has 0 saturated carbocycles. The molecule has 2 rings (SSSR count). The molecular weight excluding hydrogens is 312 g/mol. The predicted octanol–water partition coefficient (Wildman–Crippen LogP) is 3.58. The fourth-order valence-electron chi connectivity index (χ4n) is 2.87. The molecule has 0 aliphatic heterocycles. The van der Waals surface area contributed by atoms with Crippen LogP contribution in [0.15, 0.2) is 33.8 Å². The lowest BCUT2D eigenvalue weighted by Crippen LogP contribution is -2.38. The van der Waals surface area contributed by atoms with Crippen molar-refractivity contribution in [2.75, 3.05) is 13.6 Å². The van der Waals surface area contributed by atoms with Gasteiger partial charge in [-0.25, -0.2) is 0 Å². The molecule has 0 amide bonds. The zero-order chi connectivity index (χ0) is 18.2. The summed E-state index contributed by atoms with van der Waals surface area (Å²) in [7, 11) is 1.79. The largest absolute Gasteiger partial charge is 0.361 e. The summed E-state index contributed by atoms with van der Waals surface area (Å²) in [6, 6.07) is 8.65. The molecule has 0 aliphatic carbocycles. The van der Waals surface area contributed by atoms with Crippen molar-refractivity contribution >= 4 is 5.96 Å². The number of guanidine groups is 1. The first kappa shape index (κ1) is 19.0. The summed E-state index contributed by atoms with van der Waals surface area (Å²) < 4.78 is 5.42. The molecule has 0 bridgehead atoms. The Morgan fingerprint density at radius 2 is 2.04 bits per heavy atom. The van der Waals surface area contributed by atoms with E-state index in [1.165, 1.54) is 11.1 Å². The summed E-state index contributed by atoms with van der Waals surface area (Å²) in [5, 5.41) is 10.9. The number of nitrogens with one attached hydrogen (secondary N) is 2. The fourth-order valence-corrected chi connectivity index (χ4v) is 2.87. The highest BCUT2D eigenvalue weighted by atomic mass is 16.5. The number of rotatable bonds is 7. The molecule has 25 heavy (non-hydrogen) atoms. The molecule has 1 heterocycles. The minimum absolute atomic E-state index is 0.409. The van der Waals surface area contributed by atoms with Crippen molar-refractivity contribution < 1.29 is 4.52 Å². The minimum atomic E-state index is 0.409. The van der Waals surface area contributed by atoms with Gasteiger partial charge in [-0.1, -0.05) is 55.8 Å². The van der Waals surface area contributed by atoms with E-state index >= 15 is 0 Å². The molecule has 5 heteroatoms. The van der Waals surface area contributed by atoms with Gasteiger partial charge in [0.15, 0.2) is 5.96 Å². The first-order valence-electron chi connectivity index (χ1n) is 9.06. The van der Waals surface area contributed by atoms with Gasteiger partial charge in [-0.2, -0.15) is 0 Å². The normalized spacial score (nSPS) is 12.9. The standard InChI is InChI=1S/C20H30N4O/c1-6-18-17(19(7-2)25-24-18)13-23-20(21-5)22-12-15(4)16-10-8-9-14(3)11-16/h8-11,15H,6-7,12-13H2,1-5H3,(H2,21,22,23). The molecule has 1 atom stereocenters. The van der Waals surface area contributed by atoms with Crippen molar-refractivity contribution in [3.05, 3.63) is 52.4 Å². The second-order valence-corrected chi connectivity index (χ2v) is 6.36. The molecule has 2 aromatic rings. The maximum atomic E-state index is 5.42. The molecule has 1 unspecified atom stereocenters. The van der Waals surface area contributed by atoms with Gasteiger partial charge in [0.25, 0.3) is 0 Å². The van der Waals surface area contributed by atoms with E-state index in [1.54, 1.807) is 7.05 Å². The predicted molar refractivity (Wildman–Crippen MR) is 103 cm³/mol. The van der Waals surface area contributed by atoms with E-state index < -0.39 is 0 Å². The van der Waals surface area contributed by atoms with Crippen LogP contribution in [0.2, 0.25) is 0 Å². The van der Waals surface area contributed by atoms with Crippen molar-refractivity contribution in [1.82, 2.24) is 15.8 Å². The van der Waals surface area contributed by atoms with Crippen molar-refractivity contribution in [2.24, 2.45) is 4.99 Å². The molecule has 0 fully saturated rings. The summed E-state index contributed by atoms with van der Waals surface area (Å²) in [4.78, 5) is 4.33. The van der Waals surface area contributed by atoms with Gasteiger partial charge >= 0.3 is 0 Å². The van der Waals surface area contributed by atoms with Crippen LogP contribution in [-0.2, 0) is 19.4 Å². The van der Waals surface area contributed by atoms with Crippen molar-refractivity contribution in [3.8, 4) is 0 Å². The van der Waals surface area contributed by atoms with E-state index in [1.807, 2.05) is 0 Å². The van der Waals surface area contributed by atoms with Crippen molar-refractivity contribution in [3.63, 3.8) is 0 Å². The SMILES string of the molecule is CCc1noc(CC)c1CNC(=NC)NCC(C)c1cccc(C)c1. The van der Waals surface area contributed by atoms with Gasteiger partial charge in [0, 0.05) is 32.1 Å². The van der Waals surface area contributed by atoms with Gasteiger partial charge in [0.1, 0.15) is 5.76 Å². The van der Waals surface area contributed by atoms with E-state index in [2.05, 4.69) is 72.7 Å². The van der Waals surface area contributed by atoms with Gasteiger partial charge in [0.05, 0.1) is 5.69 Å². The maximum absolute atomic E-state index is 5.42. The third-order valence-electron chi connectivity index (χ3n) is 4.45. The molecule has 0 spiro atoms. The summed E-state index contributed by atoms with van der Waals surface area (Å²) in [5.41, 5.74) is 4.80. The maximum Gasteiger partial charge on any atom is 0.191 e. The number of aryl methyl sites for hydroxylation is 3. The molecule has 5 nitrogen and oxygen atoms in total. The van der Waals surface area contributed by atoms with E-state index in [9.17, 15) is 0 Å². The summed E-state index contributed by atoms with van der Waals surface area (Å²) >= 11 is 0. The van der Waals surface area contributed by atoms with Crippen LogP contribution in [0.4, 0.5) is 0 Å². The topological polar surface area (TPSA) is 62.5 Å². The number of benzene rings is 1. The number of nitrogens with zero attached hydrogens (tertiary/aromatic N) is 2. The van der Waals surface area contributed by atoms with E-state index in [4.69, 9.17) is 4.52 Å². The van der Waals surface area contributed by atoms with E-state index in [0.29, 0.717) is 12.5 Å². The molecule has 136 valence electrons. The highest BCUT2D eigenvalue weighted by molar-refractivity contribution is 5.79. The highest BCUT2D eigenvalue weighted by Crippen LogP contribution is 2.16. The average molecular weight is 342 g/mol. The van der Waals surface area contributed by atoms with Crippen molar-refractivity contribution in [1.29, 1.82) is 0 Å². The Balaban J connectivity index is 1.92. The third kappa shape index (κ3) is 5.08.